The summed E-state index contributed by atoms with van der Waals surface area (Å²) in [6.07, 6.45) is 0. The average molecular weight is 318 g/mol. The second-order valence-electron chi connectivity index (χ2n) is 4.92. The van der Waals surface area contributed by atoms with E-state index in [9.17, 15) is 0 Å². The summed E-state index contributed by atoms with van der Waals surface area (Å²) >= 11 is 0. The summed E-state index contributed by atoms with van der Waals surface area (Å²) in [4.78, 5) is 4.37. The van der Waals surface area contributed by atoms with Gasteiger partial charge in [0.05, 0.1) is 5.56 Å². The number of aromatic amines is 1. The predicted molar refractivity (Wildman–Crippen MR) is 82.7 cm³/mol. The third-order valence-corrected chi connectivity index (χ3v) is 3.39. The quantitative estimate of drug-likeness (QED) is 0.614. The van der Waals surface area contributed by atoms with E-state index >= 15 is 0 Å². The summed E-state index contributed by atoms with van der Waals surface area (Å²) in [6.45, 7) is 0.130. The Balaban J connectivity index is 1.58. The Hall–Kier alpha value is -3.73. The zero-order valence-corrected chi connectivity index (χ0v) is 12.3. The van der Waals surface area contributed by atoms with Crippen LogP contribution >= 0.6 is 0 Å². The van der Waals surface area contributed by atoms with Gasteiger partial charge in [0.15, 0.2) is 12.2 Å². The number of fused-ring (bicyclic) bond motifs is 1. The molecule has 0 amide bonds. The zero-order chi connectivity index (χ0) is 16.4. The number of oxazole rings is 1. The number of H-pyrrole nitrogens is 1. The molecule has 0 aliphatic heterocycles. The van der Waals surface area contributed by atoms with Gasteiger partial charge in [0.2, 0.25) is 11.7 Å². The van der Waals surface area contributed by atoms with Gasteiger partial charge in [0.1, 0.15) is 17.3 Å². The molecule has 0 radical (unpaired) electrons. The molecular formula is C16H10N6O2. The predicted octanol–water partition coefficient (Wildman–Crippen LogP) is 2.46. The Bertz CT molecular complexity index is 1030. The third-order valence-electron chi connectivity index (χ3n) is 3.39. The Labute approximate surface area is 135 Å². The van der Waals surface area contributed by atoms with E-state index in [-0.39, 0.29) is 6.61 Å². The molecule has 2 aromatic carbocycles. The van der Waals surface area contributed by atoms with Gasteiger partial charge >= 0.3 is 0 Å². The molecule has 0 atom stereocenters. The van der Waals surface area contributed by atoms with Gasteiger partial charge in [0, 0.05) is 5.56 Å². The Morgan fingerprint density at radius 2 is 2.12 bits per heavy atom. The van der Waals surface area contributed by atoms with Gasteiger partial charge in [-0.3, -0.25) is 0 Å². The number of benzene rings is 2. The molecule has 2 heterocycles. The summed E-state index contributed by atoms with van der Waals surface area (Å²) < 4.78 is 11.3. The van der Waals surface area contributed by atoms with Crippen molar-refractivity contribution in [1.29, 1.82) is 5.26 Å². The fourth-order valence-electron chi connectivity index (χ4n) is 2.28. The van der Waals surface area contributed by atoms with E-state index in [1.807, 2.05) is 12.1 Å². The number of para-hydroxylation sites is 1. The lowest BCUT2D eigenvalue weighted by molar-refractivity contribution is 0.266. The minimum Gasteiger partial charge on any atom is -0.482 e. The molecule has 8 nitrogen and oxygen atoms in total. The van der Waals surface area contributed by atoms with Crippen molar-refractivity contribution in [2.75, 3.05) is 0 Å². The molecule has 4 rings (SSSR count). The van der Waals surface area contributed by atoms with Crippen LogP contribution in [0.5, 0.6) is 5.75 Å². The van der Waals surface area contributed by atoms with Gasteiger partial charge in [-0.1, -0.05) is 12.1 Å². The number of tetrazole rings is 1. The van der Waals surface area contributed by atoms with Crippen molar-refractivity contribution in [1.82, 2.24) is 25.6 Å². The van der Waals surface area contributed by atoms with Crippen LogP contribution in [0.3, 0.4) is 0 Å². The number of nitriles is 1. The van der Waals surface area contributed by atoms with Crippen LogP contribution in [0.4, 0.5) is 0 Å². The van der Waals surface area contributed by atoms with E-state index in [1.165, 1.54) is 0 Å². The number of nitrogens with one attached hydrogen (secondary N) is 1. The molecule has 0 aliphatic rings. The van der Waals surface area contributed by atoms with Crippen molar-refractivity contribution in [3.05, 3.63) is 53.9 Å². The molecule has 8 heteroatoms. The Kier molecular flexibility index (Phi) is 3.37. The van der Waals surface area contributed by atoms with Crippen molar-refractivity contribution in [3.8, 4) is 23.2 Å². The number of hydrogen-bond acceptors (Lipinski definition) is 7. The number of rotatable bonds is 4. The number of nitrogens with zero attached hydrogens (tertiary/aromatic N) is 5. The molecule has 0 saturated carbocycles. The van der Waals surface area contributed by atoms with Crippen molar-refractivity contribution in [2.45, 2.75) is 6.61 Å². The van der Waals surface area contributed by atoms with Gasteiger partial charge in [-0.25, -0.2) is 4.98 Å². The largest absolute Gasteiger partial charge is 0.482 e. The molecule has 0 spiro atoms. The van der Waals surface area contributed by atoms with Crippen LogP contribution in [0.15, 0.2) is 46.9 Å². The van der Waals surface area contributed by atoms with Crippen molar-refractivity contribution in [2.24, 2.45) is 0 Å². The second kappa shape index (κ2) is 5.81. The molecule has 4 aromatic rings. The fraction of sp³-hybridized carbons (Fsp3) is 0.0625. The maximum absolute atomic E-state index is 9.06. The molecule has 0 fully saturated rings. The molecule has 0 bridgehead atoms. The lowest BCUT2D eigenvalue weighted by atomic mass is 10.2. The smallest absolute Gasteiger partial charge is 0.233 e. The van der Waals surface area contributed by atoms with Crippen molar-refractivity contribution in [3.63, 3.8) is 0 Å². The first-order valence-electron chi connectivity index (χ1n) is 7.09. The molecule has 24 heavy (non-hydrogen) atoms. The van der Waals surface area contributed by atoms with E-state index in [2.05, 4.69) is 31.7 Å². The van der Waals surface area contributed by atoms with Crippen LogP contribution in [-0.2, 0) is 6.61 Å². The monoisotopic (exact) mass is 318 g/mol. The fourth-order valence-corrected chi connectivity index (χ4v) is 2.28. The molecule has 0 saturated heterocycles. The van der Waals surface area contributed by atoms with Crippen molar-refractivity contribution < 1.29 is 9.15 Å². The molecule has 1 N–H and O–H groups in total. The van der Waals surface area contributed by atoms with Crippen LogP contribution in [0.2, 0.25) is 0 Å². The van der Waals surface area contributed by atoms with E-state index in [0.29, 0.717) is 34.1 Å². The van der Waals surface area contributed by atoms with Crippen molar-refractivity contribution >= 4 is 11.1 Å². The lowest BCUT2D eigenvalue weighted by Gasteiger charge is -2.04. The normalized spacial score (nSPS) is 10.6. The standard InChI is InChI=1S/C16H10N6O2/c17-8-11-3-1-2-4-13(11)23-9-15-18-12-6-5-10(7-14(12)24-15)16-19-21-22-20-16/h1-7H,9H2,(H,19,20,21,22). The Morgan fingerprint density at radius 3 is 2.96 bits per heavy atom. The average Bonchev–Trinajstić information content (AvgIpc) is 3.28. The van der Waals surface area contributed by atoms with Gasteiger partial charge in [0.25, 0.3) is 0 Å². The van der Waals surface area contributed by atoms with Crippen LogP contribution in [-0.4, -0.2) is 25.6 Å². The van der Waals surface area contributed by atoms with Gasteiger partial charge in [-0.15, -0.1) is 10.2 Å². The highest BCUT2D eigenvalue weighted by Crippen LogP contribution is 2.23. The van der Waals surface area contributed by atoms with Crippen LogP contribution in [0.25, 0.3) is 22.5 Å². The summed E-state index contributed by atoms with van der Waals surface area (Å²) in [7, 11) is 0. The summed E-state index contributed by atoms with van der Waals surface area (Å²) in [6, 6.07) is 14.5. The van der Waals surface area contributed by atoms with E-state index in [4.69, 9.17) is 14.4 Å². The summed E-state index contributed by atoms with van der Waals surface area (Å²) in [5.74, 6) is 1.40. The van der Waals surface area contributed by atoms with Gasteiger partial charge < -0.3 is 9.15 Å². The molecule has 0 unspecified atom stereocenters. The van der Waals surface area contributed by atoms with E-state index < -0.39 is 0 Å². The summed E-state index contributed by atoms with van der Waals surface area (Å²) in [5, 5.41) is 22.9. The second-order valence-corrected chi connectivity index (χ2v) is 4.92. The first-order chi connectivity index (χ1) is 11.8. The van der Waals surface area contributed by atoms with Crippen LogP contribution < -0.4 is 4.74 Å². The topological polar surface area (TPSA) is 114 Å². The maximum atomic E-state index is 9.06. The third kappa shape index (κ3) is 2.55. The number of ether oxygens (including phenoxy) is 1. The van der Waals surface area contributed by atoms with E-state index in [1.54, 1.807) is 30.3 Å². The van der Waals surface area contributed by atoms with Gasteiger partial charge in [-0.05, 0) is 35.5 Å². The zero-order valence-electron chi connectivity index (χ0n) is 12.3. The van der Waals surface area contributed by atoms with Crippen LogP contribution in [0, 0.1) is 11.3 Å². The van der Waals surface area contributed by atoms with E-state index in [0.717, 1.165) is 5.56 Å². The first kappa shape index (κ1) is 13.9. The highest BCUT2D eigenvalue weighted by molar-refractivity contribution is 5.78. The Morgan fingerprint density at radius 1 is 1.21 bits per heavy atom. The maximum Gasteiger partial charge on any atom is 0.233 e. The first-order valence-corrected chi connectivity index (χ1v) is 7.09. The molecule has 2 aromatic heterocycles. The number of hydrogen-bond donors (Lipinski definition) is 1. The SMILES string of the molecule is N#Cc1ccccc1OCc1nc2ccc(-c3nn[nH]n3)cc2o1. The summed E-state index contributed by atoms with van der Waals surface area (Å²) in [5.41, 5.74) is 2.54. The molecule has 0 aliphatic carbocycles. The van der Waals surface area contributed by atoms with Gasteiger partial charge in [-0.2, -0.15) is 10.5 Å². The highest BCUT2D eigenvalue weighted by Gasteiger charge is 2.11. The van der Waals surface area contributed by atoms with Crippen LogP contribution in [0.1, 0.15) is 11.5 Å². The highest BCUT2D eigenvalue weighted by atomic mass is 16.5. The molecule has 116 valence electrons. The minimum absolute atomic E-state index is 0.130. The number of aromatic nitrogens is 5. The molecular weight excluding hydrogens is 308 g/mol. The lowest BCUT2D eigenvalue weighted by Crippen LogP contribution is -1.97. The minimum atomic E-state index is 0.130.